The first-order valence-electron chi connectivity index (χ1n) is 11.9. The number of alkyl halides is 5. The first-order valence-corrected chi connectivity index (χ1v) is 11.9. The summed E-state index contributed by atoms with van der Waals surface area (Å²) in [6, 6.07) is 10.3. The molecular formula is C29H18F10O2. The van der Waals surface area contributed by atoms with Gasteiger partial charge in [-0.15, -0.1) is 13.2 Å². The number of benzene rings is 4. The van der Waals surface area contributed by atoms with Crippen LogP contribution >= 0.6 is 0 Å². The summed E-state index contributed by atoms with van der Waals surface area (Å²) in [5.74, 6) is -9.61. The van der Waals surface area contributed by atoms with Gasteiger partial charge in [-0.2, -0.15) is 8.78 Å². The number of halogens is 10. The van der Waals surface area contributed by atoms with Gasteiger partial charge in [0.05, 0.1) is 0 Å². The number of rotatable bonds is 8. The number of hydrogen-bond donors (Lipinski definition) is 0. The normalized spacial score (nSPS) is 12.0. The molecule has 0 spiro atoms. The summed E-state index contributed by atoms with van der Waals surface area (Å²) in [6.07, 6.45) is -9.00. The van der Waals surface area contributed by atoms with Crippen molar-refractivity contribution in [3.8, 4) is 33.8 Å². The van der Waals surface area contributed by atoms with Gasteiger partial charge in [-0.25, -0.2) is 22.0 Å². The van der Waals surface area contributed by atoms with Gasteiger partial charge in [0.25, 0.3) is 0 Å². The van der Waals surface area contributed by atoms with Gasteiger partial charge in [-0.1, -0.05) is 49.7 Å². The summed E-state index contributed by atoms with van der Waals surface area (Å²) in [6.45, 7) is 1.82. The zero-order valence-electron chi connectivity index (χ0n) is 20.9. The molecule has 0 radical (unpaired) electrons. The zero-order chi connectivity index (χ0) is 30.1. The van der Waals surface area contributed by atoms with Crippen molar-refractivity contribution in [2.75, 3.05) is 0 Å². The highest BCUT2D eigenvalue weighted by molar-refractivity contribution is 5.71. The Bertz CT molecular complexity index is 1540. The average molecular weight is 588 g/mol. The Morgan fingerprint density at radius 3 is 1.78 bits per heavy atom. The molecule has 0 unspecified atom stereocenters. The molecule has 0 aromatic heterocycles. The Morgan fingerprint density at radius 1 is 0.610 bits per heavy atom. The molecule has 0 heterocycles. The largest absolute Gasteiger partial charge is 0.573 e. The summed E-state index contributed by atoms with van der Waals surface area (Å²) in [7, 11) is 0. The van der Waals surface area contributed by atoms with Crippen molar-refractivity contribution in [2.45, 2.75) is 32.2 Å². The van der Waals surface area contributed by atoms with Gasteiger partial charge in [0.1, 0.15) is 22.9 Å². The van der Waals surface area contributed by atoms with Crippen LogP contribution in [0.5, 0.6) is 11.5 Å². The molecule has 4 aromatic rings. The van der Waals surface area contributed by atoms with E-state index in [1.807, 2.05) is 6.92 Å². The lowest BCUT2D eigenvalue weighted by Gasteiger charge is -2.20. The molecule has 0 saturated carbocycles. The standard InChI is InChI=1S/C29H18F10O2/c1-2-3-17-8-10-20(27(34)26(17)33)16-6-4-15(5-7-16)18-12-22(31)25(23(32)13-18)28(35,36)40-19-9-11-24(21(30)14-19)41-29(37,38)39/h4-14H,2-3H2,1H3. The van der Waals surface area contributed by atoms with Crippen LogP contribution in [0.4, 0.5) is 43.9 Å². The van der Waals surface area contributed by atoms with E-state index in [1.54, 1.807) is 0 Å². The molecule has 0 aliphatic rings. The molecule has 0 bridgehead atoms. The van der Waals surface area contributed by atoms with Crippen molar-refractivity contribution in [1.82, 2.24) is 0 Å². The number of aryl methyl sites for hydroxylation is 1. The third kappa shape index (κ3) is 6.58. The summed E-state index contributed by atoms with van der Waals surface area (Å²) < 4.78 is 146. The Labute approximate surface area is 226 Å². The minimum atomic E-state index is -5.25. The van der Waals surface area contributed by atoms with Gasteiger partial charge in [0.15, 0.2) is 23.2 Å². The van der Waals surface area contributed by atoms with Crippen molar-refractivity contribution < 1.29 is 53.4 Å². The molecule has 0 atom stereocenters. The third-order valence-electron chi connectivity index (χ3n) is 5.92. The van der Waals surface area contributed by atoms with Crippen molar-refractivity contribution in [1.29, 1.82) is 0 Å². The van der Waals surface area contributed by atoms with Crippen molar-refractivity contribution in [2.24, 2.45) is 0 Å². The van der Waals surface area contributed by atoms with Crippen LogP contribution in [0.25, 0.3) is 22.3 Å². The Balaban J connectivity index is 1.58. The van der Waals surface area contributed by atoms with Gasteiger partial charge in [-0.05, 0) is 52.9 Å². The van der Waals surface area contributed by atoms with E-state index in [0.29, 0.717) is 37.1 Å². The topological polar surface area (TPSA) is 18.5 Å². The highest BCUT2D eigenvalue weighted by Crippen LogP contribution is 2.39. The molecule has 0 aliphatic heterocycles. The van der Waals surface area contributed by atoms with E-state index in [9.17, 15) is 43.9 Å². The van der Waals surface area contributed by atoms with Crippen molar-refractivity contribution in [3.05, 3.63) is 107 Å². The second kappa shape index (κ2) is 11.3. The quantitative estimate of drug-likeness (QED) is 0.191. The molecule has 2 nitrogen and oxygen atoms in total. The van der Waals surface area contributed by atoms with Gasteiger partial charge in [0, 0.05) is 11.6 Å². The highest BCUT2D eigenvalue weighted by Gasteiger charge is 2.41. The molecule has 12 heteroatoms. The predicted octanol–water partition coefficient (Wildman–Crippen LogP) is 9.70. The van der Waals surface area contributed by atoms with Crippen LogP contribution < -0.4 is 9.47 Å². The molecule has 216 valence electrons. The zero-order valence-corrected chi connectivity index (χ0v) is 20.9. The molecule has 41 heavy (non-hydrogen) atoms. The molecule has 0 N–H and O–H groups in total. The van der Waals surface area contributed by atoms with Crippen LogP contribution in [0.2, 0.25) is 0 Å². The summed E-state index contributed by atoms with van der Waals surface area (Å²) in [5.41, 5.74) is -1.45. The lowest BCUT2D eigenvalue weighted by atomic mass is 9.97. The van der Waals surface area contributed by atoms with E-state index in [2.05, 4.69) is 9.47 Å². The molecule has 0 fully saturated rings. The molecular weight excluding hydrogens is 570 g/mol. The fourth-order valence-electron chi connectivity index (χ4n) is 4.09. The van der Waals surface area contributed by atoms with E-state index in [0.717, 1.165) is 0 Å². The second-order valence-corrected chi connectivity index (χ2v) is 8.80. The summed E-state index contributed by atoms with van der Waals surface area (Å²) in [5, 5.41) is 0. The maximum absolute atomic E-state index is 14.8. The summed E-state index contributed by atoms with van der Waals surface area (Å²) in [4.78, 5) is 0. The first kappa shape index (κ1) is 29.8. The van der Waals surface area contributed by atoms with Crippen LogP contribution in [0.3, 0.4) is 0 Å². The van der Waals surface area contributed by atoms with E-state index < -0.39 is 58.6 Å². The maximum Gasteiger partial charge on any atom is 0.573 e. The van der Waals surface area contributed by atoms with E-state index >= 15 is 0 Å². The molecule has 0 amide bonds. The van der Waals surface area contributed by atoms with Crippen LogP contribution in [-0.4, -0.2) is 6.36 Å². The van der Waals surface area contributed by atoms with Gasteiger partial charge >= 0.3 is 12.5 Å². The lowest BCUT2D eigenvalue weighted by molar-refractivity contribution is -0.275. The lowest BCUT2D eigenvalue weighted by Crippen LogP contribution is -2.25. The fourth-order valence-corrected chi connectivity index (χ4v) is 4.09. The Hall–Kier alpha value is -4.22. The molecule has 0 saturated heterocycles. The molecule has 4 rings (SSSR count). The smallest absolute Gasteiger partial charge is 0.429 e. The molecule has 0 aliphatic carbocycles. The molecule has 4 aromatic carbocycles. The van der Waals surface area contributed by atoms with Crippen LogP contribution in [-0.2, 0) is 12.5 Å². The minimum absolute atomic E-state index is 0.0483. The monoisotopic (exact) mass is 588 g/mol. The second-order valence-electron chi connectivity index (χ2n) is 8.80. The fraction of sp³-hybridized carbons (Fsp3) is 0.172. The Morgan fingerprint density at radius 2 is 1.22 bits per heavy atom. The minimum Gasteiger partial charge on any atom is -0.429 e. The van der Waals surface area contributed by atoms with E-state index in [1.165, 1.54) is 36.4 Å². The van der Waals surface area contributed by atoms with E-state index in [4.69, 9.17) is 0 Å². The number of hydrogen-bond acceptors (Lipinski definition) is 2. The SMILES string of the molecule is CCCc1ccc(-c2ccc(-c3cc(F)c(C(F)(F)Oc4ccc(OC(F)(F)F)c(F)c4)c(F)c3)cc2)c(F)c1F. The van der Waals surface area contributed by atoms with E-state index in [-0.39, 0.29) is 33.9 Å². The van der Waals surface area contributed by atoms with Gasteiger partial charge in [-0.3, -0.25) is 0 Å². The average Bonchev–Trinajstić information content (AvgIpc) is 2.87. The third-order valence-corrected chi connectivity index (χ3v) is 5.92. The first-order chi connectivity index (χ1) is 19.2. The Kier molecular flexibility index (Phi) is 8.23. The van der Waals surface area contributed by atoms with Crippen molar-refractivity contribution in [3.63, 3.8) is 0 Å². The number of ether oxygens (including phenoxy) is 2. The van der Waals surface area contributed by atoms with Crippen molar-refractivity contribution >= 4 is 0 Å². The highest BCUT2D eigenvalue weighted by atomic mass is 19.4. The van der Waals surface area contributed by atoms with Gasteiger partial charge in [0.2, 0.25) is 0 Å². The summed E-state index contributed by atoms with van der Waals surface area (Å²) >= 11 is 0. The van der Waals surface area contributed by atoms with Crippen LogP contribution in [0.15, 0.2) is 66.7 Å². The van der Waals surface area contributed by atoms with Crippen LogP contribution in [0.1, 0.15) is 24.5 Å². The maximum atomic E-state index is 14.8. The van der Waals surface area contributed by atoms with Crippen LogP contribution in [0, 0.1) is 29.1 Å². The predicted molar refractivity (Wildman–Crippen MR) is 129 cm³/mol. The van der Waals surface area contributed by atoms with Gasteiger partial charge < -0.3 is 9.47 Å².